The molecule has 4 heteroatoms. The average molecular weight is 333 g/mol. The van der Waals surface area contributed by atoms with E-state index in [9.17, 15) is 4.39 Å². The third-order valence-corrected chi connectivity index (χ3v) is 3.61. The van der Waals surface area contributed by atoms with Crippen molar-refractivity contribution in [1.29, 1.82) is 5.26 Å². The van der Waals surface area contributed by atoms with Crippen LogP contribution in [0.4, 0.5) is 10.1 Å². The van der Waals surface area contributed by atoms with Gasteiger partial charge in [-0.2, -0.15) is 5.26 Å². The zero-order chi connectivity index (χ0) is 14.5. The quantitative estimate of drug-likeness (QED) is 0.894. The summed E-state index contributed by atoms with van der Waals surface area (Å²) in [5.41, 5.74) is 2.64. The van der Waals surface area contributed by atoms with Crippen molar-refractivity contribution in [3.05, 3.63) is 63.9 Å². The minimum Gasteiger partial charge on any atom is -0.381 e. The van der Waals surface area contributed by atoms with Gasteiger partial charge in [0.2, 0.25) is 0 Å². The molecule has 0 aliphatic heterocycles. The topological polar surface area (TPSA) is 35.8 Å². The summed E-state index contributed by atoms with van der Waals surface area (Å²) in [6.45, 7) is 2.06. The first-order chi connectivity index (χ1) is 9.58. The standard InChI is InChI=1S/C16H14BrFN2/c1-11(8-12-2-5-14(18)6-3-12)20-16-7-4-13(10-19)9-15(16)17/h2-7,9,11,20H,8H2,1H3. The Hall–Kier alpha value is -1.86. The van der Waals surface area contributed by atoms with E-state index in [4.69, 9.17) is 5.26 Å². The Labute approximate surface area is 126 Å². The lowest BCUT2D eigenvalue weighted by Crippen LogP contribution is -2.18. The van der Waals surface area contributed by atoms with Crippen LogP contribution < -0.4 is 5.32 Å². The van der Waals surface area contributed by atoms with Gasteiger partial charge in [0.05, 0.1) is 11.6 Å². The highest BCUT2D eigenvalue weighted by Crippen LogP contribution is 2.24. The zero-order valence-electron chi connectivity index (χ0n) is 11.0. The third kappa shape index (κ3) is 3.82. The molecule has 0 saturated carbocycles. The van der Waals surface area contributed by atoms with Crippen LogP contribution in [-0.2, 0) is 6.42 Å². The monoisotopic (exact) mass is 332 g/mol. The zero-order valence-corrected chi connectivity index (χ0v) is 12.6. The maximum Gasteiger partial charge on any atom is 0.123 e. The second kappa shape index (κ2) is 6.53. The van der Waals surface area contributed by atoms with Gasteiger partial charge in [-0.1, -0.05) is 12.1 Å². The summed E-state index contributed by atoms with van der Waals surface area (Å²) >= 11 is 3.45. The Bertz CT molecular complexity index is 632. The Balaban J connectivity index is 2.03. The molecule has 0 aliphatic carbocycles. The molecule has 1 unspecified atom stereocenters. The number of halogens is 2. The molecule has 1 N–H and O–H groups in total. The van der Waals surface area contributed by atoms with Gasteiger partial charge in [0.25, 0.3) is 0 Å². The molecule has 1 atom stereocenters. The van der Waals surface area contributed by atoms with Crippen molar-refractivity contribution in [3.63, 3.8) is 0 Å². The number of benzene rings is 2. The van der Waals surface area contributed by atoms with Gasteiger partial charge in [0.1, 0.15) is 5.82 Å². The van der Waals surface area contributed by atoms with Gasteiger partial charge >= 0.3 is 0 Å². The van der Waals surface area contributed by atoms with Crippen molar-refractivity contribution in [1.82, 2.24) is 0 Å². The van der Waals surface area contributed by atoms with Gasteiger partial charge in [-0.05, 0) is 65.2 Å². The molecule has 2 nitrogen and oxygen atoms in total. The first-order valence-electron chi connectivity index (χ1n) is 6.29. The first-order valence-corrected chi connectivity index (χ1v) is 7.08. The summed E-state index contributed by atoms with van der Waals surface area (Å²) in [4.78, 5) is 0. The van der Waals surface area contributed by atoms with Crippen LogP contribution in [0.5, 0.6) is 0 Å². The fraction of sp³-hybridized carbons (Fsp3) is 0.188. The first kappa shape index (κ1) is 14.5. The van der Waals surface area contributed by atoms with Crippen LogP contribution >= 0.6 is 15.9 Å². The summed E-state index contributed by atoms with van der Waals surface area (Å²) in [6, 6.07) is 14.3. The average Bonchev–Trinajstić information content (AvgIpc) is 2.43. The minimum absolute atomic E-state index is 0.199. The van der Waals surface area contributed by atoms with E-state index < -0.39 is 0 Å². The number of nitrogens with one attached hydrogen (secondary N) is 1. The highest BCUT2D eigenvalue weighted by molar-refractivity contribution is 9.10. The molecule has 2 aromatic carbocycles. The molecular weight excluding hydrogens is 319 g/mol. The summed E-state index contributed by atoms with van der Waals surface area (Å²) in [6.07, 6.45) is 0.798. The largest absolute Gasteiger partial charge is 0.381 e. The Morgan fingerprint density at radius 2 is 1.95 bits per heavy atom. The van der Waals surface area contributed by atoms with Crippen LogP contribution in [0.3, 0.4) is 0 Å². The van der Waals surface area contributed by atoms with E-state index in [1.165, 1.54) is 12.1 Å². The smallest absolute Gasteiger partial charge is 0.123 e. The number of hydrogen-bond acceptors (Lipinski definition) is 2. The summed E-state index contributed by atoms with van der Waals surface area (Å²) < 4.78 is 13.7. The highest BCUT2D eigenvalue weighted by Gasteiger charge is 2.07. The van der Waals surface area contributed by atoms with Gasteiger partial charge in [-0.3, -0.25) is 0 Å². The van der Waals surface area contributed by atoms with Crippen molar-refractivity contribution in [2.45, 2.75) is 19.4 Å². The normalized spacial score (nSPS) is 11.7. The van der Waals surface area contributed by atoms with Gasteiger partial charge in [0.15, 0.2) is 0 Å². The molecule has 0 fully saturated rings. The number of nitriles is 1. The van der Waals surface area contributed by atoms with Crippen LogP contribution in [0.25, 0.3) is 0 Å². The Kier molecular flexibility index (Phi) is 4.75. The number of hydrogen-bond donors (Lipinski definition) is 1. The van der Waals surface area contributed by atoms with Crippen LogP contribution in [0.1, 0.15) is 18.1 Å². The minimum atomic E-state index is -0.218. The molecule has 20 heavy (non-hydrogen) atoms. The lowest BCUT2D eigenvalue weighted by Gasteiger charge is -2.16. The van der Waals surface area contributed by atoms with E-state index in [0.29, 0.717) is 5.56 Å². The molecule has 0 amide bonds. The van der Waals surface area contributed by atoms with Gasteiger partial charge in [-0.25, -0.2) is 4.39 Å². The Morgan fingerprint density at radius 3 is 2.55 bits per heavy atom. The molecule has 0 aliphatic rings. The molecule has 102 valence electrons. The van der Waals surface area contributed by atoms with E-state index >= 15 is 0 Å². The van der Waals surface area contributed by atoms with E-state index in [0.717, 1.165) is 22.1 Å². The Morgan fingerprint density at radius 1 is 1.25 bits per heavy atom. The van der Waals surface area contributed by atoms with Crippen LogP contribution in [0.15, 0.2) is 46.9 Å². The van der Waals surface area contributed by atoms with Gasteiger partial charge < -0.3 is 5.32 Å². The maximum atomic E-state index is 12.8. The second-order valence-electron chi connectivity index (χ2n) is 4.68. The van der Waals surface area contributed by atoms with Crippen molar-refractivity contribution < 1.29 is 4.39 Å². The summed E-state index contributed by atoms with van der Waals surface area (Å²) in [5, 5.41) is 12.2. The molecule has 0 heterocycles. The summed E-state index contributed by atoms with van der Waals surface area (Å²) in [7, 11) is 0. The molecule has 0 radical (unpaired) electrons. The van der Waals surface area contributed by atoms with E-state index in [-0.39, 0.29) is 11.9 Å². The van der Waals surface area contributed by atoms with Crippen molar-refractivity contribution in [3.8, 4) is 6.07 Å². The summed E-state index contributed by atoms with van der Waals surface area (Å²) in [5.74, 6) is -0.218. The fourth-order valence-electron chi connectivity index (χ4n) is 1.99. The molecule has 0 saturated heterocycles. The van der Waals surface area contributed by atoms with Crippen molar-refractivity contribution in [2.24, 2.45) is 0 Å². The molecule has 0 bridgehead atoms. The molecular formula is C16H14BrFN2. The van der Waals surface area contributed by atoms with E-state index in [1.807, 2.05) is 6.07 Å². The molecule has 0 aromatic heterocycles. The lowest BCUT2D eigenvalue weighted by molar-refractivity contribution is 0.626. The van der Waals surface area contributed by atoms with E-state index in [1.54, 1.807) is 24.3 Å². The van der Waals surface area contributed by atoms with Crippen LogP contribution in [0.2, 0.25) is 0 Å². The van der Waals surface area contributed by atoms with Crippen LogP contribution in [-0.4, -0.2) is 6.04 Å². The molecule has 2 rings (SSSR count). The molecule has 2 aromatic rings. The predicted molar refractivity (Wildman–Crippen MR) is 82.0 cm³/mol. The van der Waals surface area contributed by atoms with Crippen molar-refractivity contribution >= 4 is 21.6 Å². The number of nitrogens with zero attached hydrogens (tertiary/aromatic N) is 1. The number of anilines is 1. The number of rotatable bonds is 4. The SMILES string of the molecule is CC(Cc1ccc(F)cc1)Nc1ccc(C#N)cc1Br. The fourth-order valence-corrected chi connectivity index (χ4v) is 2.49. The van der Waals surface area contributed by atoms with Gasteiger partial charge in [-0.15, -0.1) is 0 Å². The van der Waals surface area contributed by atoms with Gasteiger partial charge in [0, 0.05) is 16.2 Å². The maximum absolute atomic E-state index is 12.8. The lowest BCUT2D eigenvalue weighted by atomic mass is 10.1. The highest BCUT2D eigenvalue weighted by atomic mass is 79.9. The second-order valence-corrected chi connectivity index (χ2v) is 5.54. The van der Waals surface area contributed by atoms with Crippen LogP contribution in [0, 0.1) is 17.1 Å². The third-order valence-electron chi connectivity index (χ3n) is 2.96. The van der Waals surface area contributed by atoms with Crippen molar-refractivity contribution in [2.75, 3.05) is 5.32 Å². The predicted octanol–water partition coefficient (Wildman–Crippen LogP) is 4.50. The van der Waals surface area contributed by atoms with E-state index in [2.05, 4.69) is 34.2 Å². The molecule has 0 spiro atoms.